The third kappa shape index (κ3) is 4.66. The Labute approximate surface area is 159 Å². The lowest BCUT2D eigenvalue weighted by atomic mass is 10.1. The summed E-state index contributed by atoms with van der Waals surface area (Å²) in [5.74, 6) is 0.616. The van der Waals surface area contributed by atoms with Gasteiger partial charge in [-0.1, -0.05) is 0 Å². The van der Waals surface area contributed by atoms with Crippen LogP contribution in [0.3, 0.4) is 0 Å². The molecule has 0 saturated carbocycles. The van der Waals surface area contributed by atoms with Crippen LogP contribution in [-0.4, -0.2) is 45.0 Å². The Hall–Kier alpha value is -2.74. The normalized spacial score (nSPS) is 10.7. The van der Waals surface area contributed by atoms with E-state index < -0.39 is 5.91 Å². The molecule has 1 heterocycles. The topological polar surface area (TPSA) is 81.0 Å². The maximum atomic E-state index is 12.4. The number of benzene rings is 1. The van der Waals surface area contributed by atoms with Gasteiger partial charge < -0.3 is 24.1 Å². The molecule has 0 spiro atoms. The molecule has 1 N–H and O–H groups in total. The van der Waals surface area contributed by atoms with Crippen molar-refractivity contribution in [2.24, 2.45) is 0 Å². The first-order chi connectivity index (χ1) is 12.3. The van der Waals surface area contributed by atoms with E-state index in [1.807, 2.05) is 0 Å². The highest BCUT2D eigenvalue weighted by Crippen LogP contribution is 2.34. The van der Waals surface area contributed by atoms with Gasteiger partial charge in [0, 0.05) is 26.2 Å². The van der Waals surface area contributed by atoms with Gasteiger partial charge in [-0.25, -0.2) is 0 Å². The number of nitrogens with one attached hydrogen (secondary N) is 1. The third-order valence-corrected chi connectivity index (χ3v) is 3.84. The highest BCUT2D eigenvalue weighted by molar-refractivity contribution is 9.10. The minimum Gasteiger partial charge on any atom is -0.493 e. The van der Waals surface area contributed by atoms with Crippen molar-refractivity contribution in [2.75, 3.05) is 33.6 Å². The molecule has 2 rings (SSSR count). The minimum absolute atomic E-state index is 0.278. The zero-order valence-electron chi connectivity index (χ0n) is 14.8. The summed E-state index contributed by atoms with van der Waals surface area (Å²) in [6.45, 7) is 0. The number of carbonyl (C=O) groups is 2. The van der Waals surface area contributed by atoms with E-state index in [1.165, 1.54) is 37.3 Å². The second-order valence-electron chi connectivity index (χ2n) is 5.42. The molecule has 0 unspecified atom stereocenters. The largest absolute Gasteiger partial charge is 0.493 e. The second-order valence-corrected chi connectivity index (χ2v) is 6.20. The summed E-state index contributed by atoms with van der Waals surface area (Å²) in [6, 6.07) is 6.51. The third-order valence-electron chi connectivity index (χ3n) is 3.41. The molecule has 0 aliphatic carbocycles. The van der Waals surface area contributed by atoms with E-state index in [-0.39, 0.29) is 11.5 Å². The second kappa shape index (κ2) is 8.57. The first-order valence-corrected chi connectivity index (χ1v) is 8.37. The van der Waals surface area contributed by atoms with Crippen LogP contribution < -0.4 is 14.8 Å². The molecule has 7 nitrogen and oxygen atoms in total. The molecular weight excluding hydrogens is 404 g/mol. The van der Waals surface area contributed by atoms with Crippen molar-refractivity contribution in [2.45, 2.75) is 0 Å². The minimum atomic E-state index is -0.419. The van der Waals surface area contributed by atoms with Gasteiger partial charge in [0.15, 0.2) is 16.2 Å². The van der Waals surface area contributed by atoms with Gasteiger partial charge in [0.25, 0.3) is 5.91 Å². The Kier molecular flexibility index (Phi) is 6.46. The number of hydrogen-bond acceptors (Lipinski definition) is 5. The fraction of sp³-hybridized carbons (Fsp3) is 0.222. The van der Waals surface area contributed by atoms with Gasteiger partial charge in [-0.05, 0) is 40.2 Å². The van der Waals surface area contributed by atoms with Crippen LogP contribution in [-0.2, 0) is 4.79 Å². The fourth-order valence-corrected chi connectivity index (χ4v) is 2.47. The zero-order chi connectivity index (χ0) is 19.3. The molecule has 0 saturated heterocycles. The predicted octanol–water partition coefficient (Wildman–Crippen LogP) is 3.41. The van der Waals surface area contributed by atoms with Gasteiger partial charge in [-0.2, -0.15) is 0 Å². The molecule has 138 valence electrons. The van der Waals surface area contributed by atoms with Gasteiger partial charge in [0.05, 0.1) is 25.5 Å². The van der Waals surface area contributed by atoms with Gasteiger partial charge >= 0.3 is 0 Å². The van der Waals surface area contributed by atoms with Crippen molar-refractivity contribution in [1.29, 1.82) is 0 Å². The lowest BCUT2D eigenvalue weighted by molar-refractivity contribution is -0.111. The van der Waals surface area contributed by atoms with E-state index in [0.29, 0.717) is 27.6 Å². The van der Waals surface area contributed by atoms with Crippen molar-refractivity contribution in [3.8, 4) is 11.5 Å². The summed E-state index contributed by atoms with van der Waals surface area (Å²) < 4.78 is 16.3. The summed E-state index contributed by atoms with van der Waals surface area (Å²) in [5, 5.41) is 2.69. The summed E-state index contributed by atoms with van der Waals surface area (Å²) in [6.07, 6.45) is 2.83. The average molecular weight is 423 g/mol. The number of nitrogens with zero attached hydrogens (tertiary/aromatic N) is 1. The molecule has 2 aromatic rings. The van der Waals surface area contributed by atoms with Crippen molar-refractivity contribution < 1.29 is 23.5 Å². The lowest BCUT2D eigenvalue weighted by Crippen LogP contribution is -2.24. The van der Waals surface area contributed by atoms with E-state index in [4.69, 9.17) is 13.9 Å². The Balaban J connectivity index is 2.32. The maximum Gasteiger partial charge on any atom is 0.255 e. The van der Waals surface area contributed by atoms with E-state index in [9.17, 15) is 9.59 Å². The monoisotopic (exact) mass is 422 g/mol. The summed E-state index contributed by atoms with van der Waals surface area (Å²) in [5.41, 5.74) is 0.603. The first kappa shape index (κ1) is 19.6. The number of carbonyl (C=O) groups excluding carboxylic acids is 2. The predicted molar refractivity (Wildman–Crippen MR) is 102 cm³/mol. The van der Waals surface area contributed by atoms with Gasteiger partial charge in [-0.15, -0.1) is 0 Å². The molecule has 0 radical (unpaired) electrons. The summed E-state index contributed by atoms with van der Waals surface area (Å²) >= 11 is 3.19. The average Bonchev–Trinajstić information content (AvgIpc) is 3.04. The molecule has 0 aliphatic heterocycles. The Morgan fingerprint density at radius 2 is 1.81 bits per heavy atom. The molecular formula is C18H19BrN2O5. The van der Waals surface area contributed by atoms with E-state index >= 15 is 0 Å². The molecule has 0 aliphatic rings. The van der Waals surface area contributed by atoms with Gasteiger partial charge in [0.2, 0.25) is 5.91 Å². The molecule has 0 bridgehead atoms. The van der Waals surface area contributed by atoms with E-state index in [0.717, 1.165) is 0 Å². The van der Waals surface area contributed by atoms with Crippen molar-refractivity contribution in [1.82, 2.24) is 4.90 Å². The molecule has 1 aromatic heterocycles. The first-order valence-electron chi connectivity index (χ1n) is 7.57. The standard InChI is InChI=1S/C18H19BrN2O5/c1-21(2)18(23)12-9-14(24-3)15(25-4)10-13(12)20-17(22)8-6-11-5-7-16(19)26-11/h5-10H,1-4H3,(H,20,22)/b8-6+. The van der Waals surface area contributed by atoms with Gasteiger partial charge in [0.1, 0.15) is 5.76 Å². The maximum absolute atomic E-state index is 12.4. The molecule has 2 amide bonds. The highest BCUT2D eigenvalue weighted by Gasteiger charge is 2.19. The van der Waals surface area contributed by atoms with Crippen molar-refractivity contribution in [3.63, 3.8) is 0 Å². The number of ether oxygens (including phenoxy) is 2. The number of rotatable bonds is 6. The number of hydrogen-bond donors (Lipinski definition) is 1. The van der Waals surface area contributed by atoms with Crippen LogP contribution in [0.4, 0.5) is 5.69 Å². The van der Waals surface area contributed by atoms with Crippen LogP contribution in [0, 0.1) is 0 Å². The van der Waals surface area contributed by atoms with Crippen LogP contribution in [0.1, 0.15) is 16.1 Å². The summed E-state index contributed by atoms with van der Waals surface area (Å²) in [7, 11) is 6.20. The Morgan fingerprint density at radius 1 is 1.15 bits per heavy atom. The Morgan fingerprint density at radius 3 is 2.35 bits per heavy atom. The van der Waals surface area contributed by atoms with Crippen LogP contribution in [0.15, 0.2) is 39.4 Å². The van der Waals surface area contributed by atoms with Crippen molar-refractivity contribution in [3.05, 3.63) is 46.3 Å². The zero-order valence-corrected chi connectivity index (χ0v) is 16.4. The number of halogens is 1. The number of anilines is 1. The summed E-state index contributed by atoms with van der Waals surface area (Å²) in [4.78, 5) is 26.1. The molecule has 8 heteroatoms. The SMILES string of the molecule is COc1cc(NC(=O)/C=C/c2ccc(Br)o2)c(C(=O)N(C)C)cc1OC. The van der Waals surface area contributed by atoms with Crippen LogP contribution >= 0.6 is 15.9 Å². The number of amides is 2. The number of methoxy groups -OCH3 is 2. The highest BCUT2D eigenvalue weighted by atomic mass is 79.9. The molecule has 26 heavy (non-hydrogen) atoms. The molecule has 0 fully saturated rings. The van der Waals surface area contributed by atoms with Crippen LogP contribution in [0.5, 0.6) is 11.5 Å². The van der Waals surface area contributed by atoms with Crippen LogP contribution in [0.25, 0.3) is 6.08 Å². The van der Waals surface area contributed by atoms with Crippen molar-refractivity contribution >= 4 is 39.5 Å². The smallest absolute Gasteiger partial charge is 0.255 e. The quantitative estimate of drug-likeness (QED) is 0.721. The van der Waals surface area contributed by atoms with Crippen LogP contribution in [0.2, 0.25) is 0 Å². The molecule has 0 atom stereocenters. The lowest BCUT2D eigenvalue weighted by Gasteiger charge is -2.17. The van der Waals surface area contributed by atoms with E-state index in [2.05, 4.69) is 21.2 Å². The molecule has 1 aromatic carbocycles. The fourth-order valence-electron chi connectivity index (χ4n) is 2.15. The van der Waals surface area contributed by atoms with E-state index in [1.54, 1.807) is 32.3 Å². The Bertz CT molecular complexity index is 842. The number of furan rings is 1. The van der Waals surface area contributed by atoms with Gasteiger partial charge in [-0.3, -0.25) is 9.59 Å².